The predicted molar refractivity (Wildman–Crippen MR) is 104 cm³/mol. The molecule has 1 saturated heterocycles. The van der Waals surface area contributed by atoms with Crippen LogP contribution in [0.25, 0.3) is 0 Å². The molecule has 3 rings (SSSR count). The van der Waals surface area contributed by atoms with Crippen LogP contribution in [0.5, 0.6) is 0 Å². The summed E-state index contributed by atoms with van der Waals surface area (Å²) < 4.78 is 44.0. The van der Waals surface area contributed by atoms with Gasteiger partial charge in [0, 0.05) is 5.02 Å². The van der Waals surface area contributed by atoms with Crippen LogP contribution in [0.4, 0.5) is 18.0 Å². The van der Waals surface area contributed by atoms with Crippen molar-refractivity contribution in [1.82, 2.24) is 15.1 Å². The van der Waals surface area contributed by atoms with E-state index in [-0.39, 0.29) is 12.2 Å². The normalized spacial score (nSPS) is 18.9. The van der Waals surface area contributed by atoms with Gasteiger partial charge < -0.3 is 14.6 Å². The van der Waals surface area contributed by atoms with Gasteiger partial charge in [0.1, 0.15) is 24.4 Å². The molecule has 1 unspecified atom stereocenters. The average Bonchev–Trinajstić information content (AvgIpc) is 3.29. The van der Waals surface area contributed by atoms with Crippen molar-refractivity contribution in [3.05, 3.63) is 59.0 Å². The van der Waals surface area contributed by atoms with Gasteiger partial charge in [0.05, 0.1) is 12.8 Å². The number of carbonyl (C=O) groups excluding carboxylic acids is 3. The van der Waals surface area contributed by atoms with Crippen molar-refractivity contribution in [2.24, 2.45) is 0 Å². The highest BCUT2D eigenvalue weighted by Crippen LogP contribution is 2.33. The minimum Gasteiger partial charge on any atom is -0.467 e. The van der Waals surface area contributed by atoms with Crippen LogP contribution in [-0.2, 0) is 21.7 Å². The number of hydrogen-bond acceptors (Lipinski definition) is 4. The summed E-state index contributed by atoms with van der Waals surface area (Å²) in [6.45, 7) is -1.17. The second-order valence-electron chi connectivity index (χ2n) is 7.03. The number of benzene rings is 1. The Morgan fingerprint density at radius 2 is 1.90 bits per heavy atom. The third-order valence-electron chi connectivity index (χ3n) is 4.99. The van der Waals surface area contributed by atoms with Crippen LogP contribution in [-0.4, -0.2) is 46.9 Å². The zero-order valence-corrected chi connectivity index (χ0v) is 17.2. The van der Waals surface area contributed by atoms with Crippen molar-refractivity contribution < 1.29 is 32.0 Å². The number of carbonyl (C=O) groups is 3. The molecule has 1 atom stereocenters. The van der Waals surface area contributed by atoms with Gasteiger partial charge in [0.2, 0.25) is 5.91 Å². The molecular formula is C20H19ClF3N3O4. The summed E-state index contributed by atoms with van der Waals surface area (Å²) in [6, 6.07) is 8.29. The lowest BCUT2D eigenvalue weighted by molar-refractivity contribution is -0.163. The van der Waals surface area contributed by atoms with Crippen LogP contribution >= 0.6 is 11.6 Å². The van der Waals surface area contributed by atoms with Crippen LogP contribution in [0.15, 0.2) is 47.1 Å². The Hall–Kier alpha value is -3.01. The first-order valence-corrected chi connectivity index (χ1v) is 9.70. The summed E-state index contributed by atoms with van der Waals surface area (Å²) in [5.41, 5.74) is -0.979. The van der Waals surface area contributed by atoms with Crippen LogP contribution in [0.1, 0.15) is 24.7 Å². The van der Waals surface area contributed by atoms with Gasteiger partial charge in [0.25, 0.3) is 5.91 Å². The molecule has 166 valence electrons. The van der Waals surface area contributed by atoms with Gasteiger partial charge in [-0.15, -0.1) is 0 Å². The number of halogens is 4. The van der Waals surface area contributed by atoms with E-state index in [4.69, 9.17) is 16.0 Å². The number of urea groups is 1. The summed E-state index contributed by atoms with van der Waals surface area (Å²) in [5, 5.41) is 3.00. The molecular weight excluding hydrogens is 439 g/mol. The Labute approximate surface area is 180 Å². The van der Waals surface area contributed by atoms with E-state index in [0.717, 1.165) is 0 Å². The molecule has 4 amide bonds. The molecule has 2 aromatic rings. The van der Waals surface area contributed by atoms with Crippen LogP contribution in [0, 0.1) is 0 Å². The molecule has 31 heavy (non-hydrogen) atoms. The van der Waals surface area contributed by atoms with Crippen molar-refractivity contribution in [2.75, 3.05) is 13.1 Å². The minimum absolute atomic E-state index is 0.138. The molecule has 2 heterocycles. The SMILES string of the molecule is CCC1(c2ccc(Cl)cc2)NC(=O)N(CC(=O)N(Cc2ccco2)CC(F)(F)F)C1=O. The monoisotopic (exact) mass is 457 g/mol. The molecule has 11 heteroatoms. The Kier molecular flexibility index (Phi) is 6.30. The van der Waals surface area contributed by atoms with E-state index < -0.39 is 49.2 Å². The van der Waals surface area contributed by atoms with Crippen molar-refractivity contribution in [3.63, 3.8) is 0 Å². The summed E-state index contributed by atoms with van der Waals surface area (Å²) in [7, 11) is 0. The lowest BCUT2D eigenvalue weighted by atomic mass is 9.87. The molecule has 1 aliphatic rings. The van der Waals surface area contributed by atoms with Crippen molar-refractivity contribution >= 4 is 29.4 Å². The first-order valence-electron chi connectivity index (χ1n) is 9.33. The molecule has 7 nitrogen and oxygen atoms in total. The first-order chi connectivity index (χ1) is 14.6. The highest BCUT2D eigenvalue weighted by atomic mass is 35.5. The van der Waals surface area contributed by atoms with E-state index in [1.807, 2.05) is 0 Å². The van der Waals surface area contributed by atoms with Gasteiger partial charge in [-0.2, -0.15) is 13.2 Å². The maximum Gasteiger partial charge on any atom is 0.406 e. The molecule has 0 spiro atoms. The van der Waals surface area contributed by atoms with Gasteiger partial charge in [-0.05, 0) is 36.2 Å². The molecule has 1 N–H and O–H groups in total. The number of hydrogen-bond donors (Lipinski definition) is 1. The van der Waals surface area contributed by atoms with E-state index in [2.05, 4.69) is 5.32 Å². The Morgan fingerprint density at radius 1 is 1.23 bits per heavy atom. The third-order valence-corrected chi connectivity index (χ3v) is 5.24. The Balaban J connectivity index is 1.82. The highest BCUT2D eigenvalue weighted by Gasteiger charge is 2.52. The quantitative estimate of drug-likeness (QED) is 0.643. The van der Waals surface area contributed by atoms with Gasteiger partial charge in [-0.3, -0.25) is 14.5 Å². The number of rotatable bonds is 7. The summed E-state index contributed by atoms with van der Waals surface area (Å²) >= 11 is 5.88. The van der Waals surface area contributed by atoms with Gasteiger partial charge in [-0.1, -0.05) is 30.7 Å². The van der Waals surface area contributed by atoms with E-state index in [1.54, 1.807) is 31.2 Å². The molecule has 1 fully saturated rings. The molecule has 1 aliphatic heterocycles. The Morgan fingerprint density at radius 3 is 2.45 bits per heavy atom. The van der Waals surface area contributed by atoms with E-state index in [9.17, 15) is 27.6 Å². The second-order valence-corrected chi connectivity index (χ2v) is 7.47. The molecule has 1 aromatic heterocycles. The molecule has 1 aromatic carbocycles. The lowest BCUT2D eigenvalue weighted by Gasteiger charge is -2.27. The van der Waals surface area contributed by atoms with Gasteiger partial charge in [0.15, 0.2) is 0 Å². The topological polar surface area (TPSA) is 82.9 Å². The fourth-order valence-electron chi connectivity index (χ4n) is 3.42. The predicted octanol–water partition coefficient (Wildman–Crippen LogP) is 3.68. The fraction of sp³-hybridized carbons (Fsp3) is 0.350. The number of alkyl halides is 3. The number of imide groups is 1. The van der Waals surface area contributed by atoms with Crippen LogP contribution in [0.2, 0.25) is 5.02 Å². The molecule has 0 aliphatic carbocycles. The minimum atomic E-state index is -4.67. The third kappa shape index (κ3) is 4.84. The summed E-state index contributed by atoms with van der Waals surface area (Å²) in [4.78, 5) is 39.4. The van der Waals surface area contributed by atoms with Crippen molar-refractivity contribution in [1.29, 1.82) is 0 Å². The number of nitrogens with one attached hydrogen (secondary N) is 1. The summed E-state index contributed by atoms with van der Waals surface area (Å²) in [6.07, 6.45) is -3.23. The van der Waals surface area contributed by atoms with Crippen LogP contribution in [0.3, 0.4) is 0 Å². The number of furan rings is 1. The largest absolute Gasteiger partial charge is 0.467 e. The zero-order valence-electron chi connectivity index (χ0n) is 16.4. The van der Waals surface area contributed by atoms with E-state index in [1.165, 1.54) is 18.4 Å². The number of nitrogens with zero attached hydrogens (tertiary/aromatic N) is 2. The molecule has 0 saturated carbocycles. The van der Waals surface area contributed by atoms with Gasteiger partial charge >= 0.3 is 12.2 Å². The lowest BCUT2D eigenvalue weighted by Crippen LogP contribution is -2.47. The number of amides is 4. The van der Waals surface area contributed by atoms with Crippen LogP contribution < -0.4 is 5.32 Å². The smallest absolute Gasteiger partial charge is 0.406 e. The first kappa shape index (κ1) is 22.7. The maximum absolute atomic E-state index is 13.1. The van der Waals surface area contributed by atoms with Crippen molar-refractivity contribution in [2.45, 2.75) is 31.6 Å². The molecule has 0 radical (unpaired) electrons. The average molecular weight is 458 g/mol. The maximum atomic E-state index is 13.1. The second kappa shape index (κ2) is 8.62. The van der Waals surface area contributed by atoms with Crippen molar-refractivity contribution in [3.8, 4) is 0 Å². The fourth-order valence-corrected chi connectivity index (χ4v) is 3.54. The Bertz CT molecular complexity index is 963. The van der Waals surface area contributed by atoms with E-state index in [0.29, 0.717) is 20.4 Å². The van der Waals surface area contributed by atoms with E-state index >= 15 is 0 Å². The molecule has 0 bridgehead atoms. The zero-order chi connectivity index (χ0) is 22.8. The summed E-state index contributed by atoms with van der Waals surface area (Å²) in [5.74, 6) is -1.63. The highest BCUT2D eigenvalue weighted by molar-refractivity contribution is 6.30. The van der Waals surface area contributed by atoms with Gasteiger partial charge in [-0.25, -0.2) is 4.79 Å². The standard InChI is InChI=1S/C20H19ClF3N3O4/c1-2-19(13-5-7-14(21)8-6-13)17(29)27(18(30)25-19)11-16(28)26(12-20(22,23)24)10-15-4-3-9-31-15/h3-9H,2,10-12H2,1H3,(H,25,30).